The van der Waals surface area contributed by atoms with Crippen LogP contribution >= 0.6 is 0 Å². The Morgan fingerprint density at radius 1 is 1.39 bits per heavy atom. The molecule has 0 aromatic carbocycles. The first kappa shape index (κ1) is 16.7. The molecule has 18 heavy (non-hydrogen) atoms. The first-order valence-electron chi connectivity index (χ1n) is 5.33. The molecule has 0 saturated carbocycles. The molecule has 0 fully saturated rings. The first-order valence-corrected chi connectivity index (χ1v) is 5.33. The number of alkyl halides is 3. The van der Waals surface area contributed by atoms with E-state index in [1.54, 1.807) is 6.92 Å². The highest BCUT2D eigenvalue weighted by Crippen LogP contribution is 2.14. The molecule has 5 nitrogen and oxygen atoms in total. The Labute approximate surface area is 102 Å². The highest BCUT2D eigenvalue weighted by molar-refractivity contribution is 5.77. The molecule has 0 radical (unpaired) electrons. The molecule has 0 rings (SSSR count). The molecule has 0 aliphatic carbocycles. The lowest BCUT2D eigenvalue weighted by atomic mass is 10.1. The monoisotopic (exact) mass is 271 g/mol. The molecule has 0 saturated heterocycles. The average Bonchev–Trinajstić information content (AvgIpc) is 2.21. The minimum Gasteiger partial charge on any atom is -0.481 e. The van der Waals surface area contributed by atoms with Gasteiger partial charge in [0.25, 0.3) is 0 Å². The Morgan fingerprint density at radius 3 is 2.50 bits per heavy atom. The maximum Gasteiger partial charge on any atom is 0.411 e. The number of ether oxygens (including phenoxy) is 1. The molecule has 0 aromatic heterocycles. The van der Waals surface area contributed by atoms with E-state index >= 15 is 0 Å². The van der Waals surface area contributed by atoms with E-state index in [1.807, 2.05) is 0 Å². The number of nitrogens with one attached hydrogen (secondary N) is 1. The molecule has 0 aliphatic rings. The average molecular weight is 271 g/mol. The summed E-state index contributed by atoms with van der Waals surface area (Å²) < 4.78 is 39.2. The van der Waals surface area contributed by atoms with E-state index < -0.39 is 31.3 Å². The third-order valence-electron chi connectivity index (χ3n) is 2.00. The van der Waals surface area contributed by atoms with Gasteiger partial charge in [-0.2, -0.15) is 13.2 Å². The summed E-state index contributed by atoms with van der Waals surface area (Å²) >= 11 is 0. The Balaban J connectivity index is 3.61. The molecule has 0 spiro atoms. The van der Waals surface area contributed by atoms with Gasteiger partial charge >= 0.3 is 12.1 Å². The molecular formula is C10H16F3NO4. The molecule has 2 N–H and O–H groups in total. The summed E-state index contributed by atoms with van der Waals surface area (Å²) in [6, 6.07) is 0. The third kappa shape index (κ3) is 11.2. The predicted molar refractivity (Wildman–Crippen MR) is 55.9 cm³/mol. The molecule has 1 atom stereocenters. The van der Waals surface area contributed by atoms with Gasteiger partial charge < -0.3 is 15.2 Å². The van der Waals surface area contributed by atoms with Crippen LogP contribution in [0.3, 0.4) is 0 Å². The summed E-state index contributed by atoms with van der Waals surface area (Å²) in [5.74, 6) is -1.64. The molecule has 106 valence electrons. The number of carbonyl (C=O) groups excluding carboxylic acids is 1. The number of carboxylic acid groups (broad SMARTS) is 1. The van der Waals surface area contributed by atoms with Crippen LogP contribution < -0.4 is 5.32 Å². The van der Waals surface area contributed by atoms with E-state index in [0.29, 0.717) is 6.42 Å². The van der Waals surface area contributed by atoms with Crippen LogP contribution in [0.2, 0.25) is 0 Å². The normalized spacial score (nSPS) is 13.1. The van der Waals surface area contributed by atoms with Gasteiger partial charge in [-0.15, -0.1) is 0 Å². The number of hydrogen-bond acceptors (Lipinski definition) is 3. The lowest BCUT2D eigenvalue weighted by Crippen LogP contribution is -2.33. The first-order chi connectivity index (χ1) is 8.20. The quantitative estimate of drug-likeness (QED) is 0.695. The topological polar surface area (TPSA) is 75.6 Å². The summed E-state index contributed by atoms with van der Waals surface area (Å²) in [5, 5.41) is 10.8. The number of aliphatic carboxylic acids is 1. The Bertz CT molecular complexity index is 281. The van der Waals surface area contributed by atoms with Gasteiger partial charge in [-0.25, -0.2) is 0 Å². The van der Waals surface area contributed by atoms with E-state index in [-0.39, 0.29) is 18.9 Å². The van der Waals surface area contributed by atoms with Gasteiger partial charge in [0.1, 0.15) is 13.2 Å². The van der Waals surface area contributed by atoms with Gasteiger partial charge in [0, 0.05) is 13.0 Å². The second kappa shape index (κ2) is 7.91. The Kier molecular flexibility index (Phi) is 7.33. The van der Waals surface area contributed by atoms with Crippen molar-refractivity contribution < 1.29 is 32.6 Å². The Hall–Kier alpha value is -1.31. The van der Waals surface area contributed by atoms with Gasteiger partial charge in [0.2, 0.25) is 5.91 Å². The van der Waals surface area contributed by atoms with Crippen LogP contribution in [0, 0.1) is 5.92 Å². The smallest absolute Gasteiger partial charge is 0.411 e. The van der Waals surface area contributed by atoms with Gasteiger partial charge in [-0.1, -0.05) is 6.92 Å². The summed E-state index contributed by atoms with van der Waals surface area (Å²) in [6.45, 7) is -0.179. The Morgan fingerprint density at radius 2 is 2.00 bits per heavy atom. The third-order valence-corrected chi connectivity index (χ3v) is 2.00. The van der Waals surface area contributed by atoms with Gasteiger partial charge in [0.05, 0.1) is 0 Å². The second-order valence-electron chi connectivity index (χ2n) is 3.95. The molecule has 8 heteroatoms. The van der Waals surface area contributed by atoms with Crippen LogP contribution in [-0.2, 0) is 14.3 Å². The van der Waals surface area contributed by atoms with Crippen molar-refractivity contribution in [3.8, 4) is 0 Å². The number of rotatable bonds is 8. The number of hydrogen-bond donors (Lipinski definition) is 2. The van der Waals surface area contributed by atoms with Crippen molar-refractivity contribution in [2.75, 3.05) is 19.8 Å². The van der Waals surface area contributed by atoms with Gasteiger partial charge in [-0.3, -0.25) is 9.59 Å². The zero-order valence-corrected chi connectivity index (χ0v) is 9.92. The summed E-state index contributed by atoms with van der Waals surface area (Å²) in [7, 11) is 0. The van der Waals surface area contributed by atoms with E-state index in [4.69, 9.17) is 5.11 Å². The van der Waals surface area contributed by atoms with E-state index in [9.17, 15) is 22.8 Å². The molecule has 0 bridgehead atoms. The molecular weight excluding hydrogens is 255 g/mol. The van der Waals surface area contributed by atoms with Crippen molar-refractivity contribution in [3.05, 3.63) is 0 Å². The summed E-state index contributed by atoms with van der Waals surface area (Å²) in [6.07, 6.45) is -4.07. The number of halogens is 3. The SMILES string of the molecule is CC(CCC(=O)O)CNC(=O)COCC(F)(F)F. The minimum atomic E-state index is -4.45. The maximum absolute atomic E-state index is 11.7. The number of carboxylic acids is 1. The number of amides is 1. The van der Waals surface area contributed by atoms with Crippen molar-refractivity contribution in [1.29, 1.82) is 0 Å². The fraction of sp³-hybridized carbons (Fsp3) is 0.800. The van der Waals surface area contributed by atoms with Crippen molar-refractivity contribution in [2.45, 2.75) is 25.9 Å². The minimum absolute atomic E-state index is 0.0123. The predicted octanol–water partition coefficient (Wildman–Crippen LogP) is 1.18. The highest BCUT2D eigenvalue weighted by Gasteiger charge is 2.27. The molecule has 1 unspecified atom stereocenters. The fourth-order valence-electron chi connectivity index (χ4n) is 1.07. The summed E-state index contributed by atoms with van der Waals surface area (Å²) in [4.78, 5) is 21.3. The van der Waals surface area contributed by atoms with Crippen LogP contribution in [0.25, 0.3) is 0 Å². The highest BCUT2D eigenvalue weighted by atomic mass is 19.4. The van der Waals surface area contributed by atoms with Crippen molar-refractivity contribution in [2.24, 2.45) is 5.92 Å². The lowest BCUT2D eigenvalue weighted by Gasteiger charge is -2.12. The van der Waals surface area contributed by atoms with Gasteiger partial charge in [-0.05, 0) is 12.3 Å². The molecule has 0 aromatic rings. The van der Waals surface area contributed by atoms with Gasteiger partial charge in [0.15, 0.2) is 0 Å². The van der Waals surface area contributed by atoms with Crippen LogP contribution in [0.5, 0.6) is 0 Å². The maximum atomic E-state index is 11.7. The van der Waals surface area contributed by atoms with Crippen molar-refractivity contribution >= 4 is 11.9 Å². The molecule has 0 heterocycles. The zero-order chi connectivity index (χ0) is 14.2. The van der Waals surface area contributed by atoms with E-state index in [0.717, 1.165) is 0 Å². The molecule has 1 amide bonds. The summed E-state index contributed by atoms with van der Waals surface area (Å²) in [5.41, 5.74) is 0. The number of carbonyl (C=O) groups is 2. The standard InChI is InChI=1S/C10H16F3NO4/c1-7(2-3-9(16)17)4-14-8(15)5-18-6-10(11,12)13/h7H,2-6H2,1H3,(H,14,15)(H,16,17). The van der Waals surface area contributed by atoms with Crippen LogP contribution in [0.15, 0.2) is 0 Å². The van der Waals surface area contributed by atoms with Crippen LogP contribution in [0.4, 0.5) is 13.2 Å². The second-order valence-corrected chi connectivity index (χ2v) is 3.95. The van der Waals surface area contributed by atoms with E-state index in [1.165, 1.54) is 0 Å². The largest absolute Gasteiger partial charge is 0.481 e. The van der Waals surface area contributed by atoms with Crippen LogP contribution in [-0.4, -0.2) is 42.9 Å². The lowest BCUT2D eigenvalue weighted by molar-refractivity contribution is -0.175. The van der Waals surface area contributed by atoms with Crippen molar-refractivity contribution in [1.82, 2.24) is 5.32 Å². The van der Waals surface area contributed by atoms with Crippen LogP contribution in [0.1, 0.15) is 19.8 Å². The fourth-order valence-corrected chi connectivity index (χ4v) is 1.07. The zero-order valence-electron chi connectivity index (χ0n) is 9.92. The van der Waals surface area contributed by atoms with E-state index in [2.05, 4.69) is 10.1 Å². The molecule has 0 aliphatic heterocycles. The van der Waals surface area contributed by atoms with Crippen molar-refractivity contribution in [3.63, 3.8) is 0 Å².